The summed E-state index contributed by atoms with van der Waals surface area (Å²) in [5.41, 5.74) is 0. The number of unbranched alkanes of at least 4 members (excludes halogenated alkanes) is 12. The van der Waals surface area contributed by atoms with E-state index in [-0.39, 0.29) is 32.1 Å². The Morgan fingerprint density at radius 1 is 0.542 bits per heavy atom. The zero-order valence-electron chi connectivity index (χ0n) is 36.9. The number of allylic oxidation sites excluding steroid dienone is 16. The van der Waals surface area contributed by atoms with Crippen molar-refractivity contribution >= 4 is 19.7 Å². The summed E-state index contributed by atoms with van der Waals surface area (Å²) < 4.78 is 26.9. The predicted octanol–water partition coefficient (Wildman–Crippen LogP) is 13.0. The molecule has 0 bridgehead atoms. The first-order valence-corrected chi connectivity index (χ1v) is 24.2. The molecule has 0 aromatic carbocycles. The number of hydrogen-bond donors (Lipinski definition) is 3. The highest BCUT2D eigenvalue weighted by molar-refractivity contribution is 7.47. The molecule has 59 heavy (non-hydrogen) atoms. The molecule has 0 aliphatic heterocycles. The number of rotatable bonds is 41. The van der Waals surface area contributed by atoms with Crippen molar-refractivity contribution in [3.05, 3.63) is 97.2 Å². The highest BCUT2D eigenvalue weighted by Crippen LogP contribution is 2.42. The van der Waals surface area contributed by atoms with Gasteiger partial charge in [-0.1, -0.05) is 156 Å². The largest absolute Gasteiger partial charge is 0.472 e. The third kappa shape index (κ3) is 45.9. The minimum atomic E-state index is -4.44. The van der Waals surface area contributed by atoms with E-state index in [1.165, 1.54) is 51.4 Å². The molecule has 0 aliphatic carbocycles. The first-order chi connectivity index (χ1) is 28.8. The van der Waals surface area contributed by atoms with Crippen LogP contribution in [-0.4, -0.2) is 54.3 Å². The molecule has 0 fully saturated rings. The number of carbonyl (C=O) groups excluding carboxylic acids is 2. The second-order valence-electron chi connectivity index (χ2n) is 14.6. The smallest absolute Gasteiger partial charge is 0.463 e. The lowest BCUT2D eigenvalue weighted by atomic mass is 10.1. The molecule has 0 radical (unpaired) electrons. The lowest BCUT2D eigenvalue weighted by Gasteiger charge is -2.15. The summed E-state index contributed by atoms with van der Waals surface area (Å²) in [6.45, 7) is 3.34. The number of aliphatic hydroxyl groups is 1. The Labute approximate surface area is 359 Å². The van der Waals surface area contributed by atoms with Crippen molar-refractivity contribution in [3.63, 3.8) is 0 Å². The maximum Gasteiger partial charge on any atom is 0.472 e. The summed E-state index contributed by atoms with van der Waals surface area (Å²) in [5, 5.41) is 12.7. The molecule has 0 rings (SSSR count). The summed E-state index contributed by atoms with van der Waals surface area (Å²) in [6, 6.07) is 0. The zero-order chi connectivity index (χ0) is 43.2. The van der Waals surface area contributed by atoms with Crippen LogP contribution in [0.15, 0.2) is 97.2 Å². The second-order valence-corrected chi connectivity index (χ2v) is 16.1. The molecule has 0 heterocycles. The van der Waals surface area contributed by atoms with Gasteiger partial charge < -0.3 is 20.1 Å². The maximum absolute atomic E-state index is 12.1. The Balaban J connectivity index is 3.71. The lowest BCUT2D eigenvalue weighted by molar-refractivity contribution is -0.147. The van der Waals surface area contributed by atoms with Crippen LogP contribution >= 0.6 is 7.82 Å². The molecule has 2 unspecified atom stereocenters. The number of nitrogens with one attached hydrogen (secondary N) is 1. The van der Waals surface area contributed by atoms with E-state index in [2.05, 4.69) is 116 Å². The molecule has 0 saturated heterocycles. The van der Waals surface area contributed by atoms with Crippen molar-refractivity contribution in [2.45, 2.75) is 174 Å². The molecule has 336 valence electrons. The quantitative estimate of drug-likeness (QED) is 0.0240. The number of esters is 1. The van der Waals surface area contributed by atoms with Crippen molar-refractivity contribution in [3.8, 4) is 0 Å². The predicted molar refractivity (Wildman–Crippen MR) is 247 cm³/mol. The number of ether oxygens (including phenoxy) is 1. The van der Waals surface area contributed by atoms with Gasteiger partial charge >= 0.3 is 13.8 Å². The Hall–Kier alpha value is -3.07. The molecule has 3 N–H and O–H groups in total. The van der Waals surface area contributed by atoms with E-state index in [1.54, 1.807) is 0 Å². The SMILES string of the molecule is CC/C=C\C/C=C\C/C=C\C/C=C\C/C=C\C/C=C\CCCCC(=O)OCC(O)COP(=O)(O)OCCNC(=O)CCCCCCCCC/C=C\C/C=C\CCCCC. The molecule has 0 saturated carbocycles. The Morgan fingerprint density at radius 3 is 1.47 bits per heavy atom. The van der Waals surface area contributed by atoms with E-state index >= 15 is 0 Å². The number of aliphatic hydroxyl groups excluding tert-OH is 1. The summed E-state index contributed by atoms with van der Waals surface area (Å²) in [6.07, 6.45) is 57.6. The average molecular weight is 844 g/mol. The van der Waals surface area contributed by atoms with Crippen molar-refractivity contribution in [2.75, 3.05) is 26.4 Å². The third-order valence-electron chi connectivity index (χ3n) is 9.00. The van der Waals surface area contributed by atoms with E-state index in [0.717, 1.165) is 83.5 Å². The van der Waals surface area contributed by atoms with E-state index in [1.807, 2.05) is 0 Å². The van der Waals surface area contributed by atoms with Gasteiger partial charge in [-0.05, 0) is 96.3 Å². The van der Waals surface area contributed by atoms with E-state index in [4.69, 9.17) is 13.8 Å². The van der Waals surface area contributed by atoms with Crippen LogP contribution in [0.5, 0.6) is 0 Å². The molecular formula is C49H82NO8P. The van der Waals surface area contributed by atoms with E-state index < -0.39 is 26.5 Å². The molecule has 0 aromatic rings. The minimum Gasteiger partial charge on any atom is -0.463 e. The Kier molecular flexibility index (Phi) is 42.2. The minimum absolute atomic E-state index is 0.0662. The van der Waals surface area contributed by atoms with Crippen LogP contribution in [0.2, 0.25) is 0 Å². The summed E-state index contributed by atoms with van der Waals surface area (Å²) in [7, 11) is -4.44. The monoisotopic (exact) mass is 844 g/mol. The zero-order valence-corrected chi connectivity index (χ0v) is 37.8. The average Bonchev–Trinajstić information content (AvgIpc) is 3.22. The maximum atomic E-state index is 12.1. The molecule has 10 heteroatoms. The van der Waals surface area contributed by atoms with Crippen LogP contribution in [0.3, 0.4) is 0 Å². The topological polar surface area (TPSA) is 131 Å². The van der Waals surface area contributed by atoms with Crippen molar-refractivity contribution in [1.82, 2.24) is 5.32 Å². The fourth-order valence-electron chi connectivity index (χ4n) is 5.59. The molecule has 0 aromatic heterocycles. The van der Waals surface area contributed by atoms with Gasteiger partial charge in [0.25, 0.3) is 0 Å². The van der Waals surface area contributed by atoms with Gasteiger partial charge in [0.05, 0.1) is 13.2 Å². The van der Waals surface area contributed by atoms with Gasteiger partial charge in [0.15, 0.2) is 0 Å². The first-order valence-electron chi connectivity index (χ1n) is 22.7. The fraction of sp³-hybridized carbons (Fsp3) is 0.633. The van der Waals surface area contributed by atoms with E-state index in [9.17, 15) is 24.2 Å². The highest BCUT2D eigenvalue weighted by atomic mass is 31.2. The number of amides is 1. The standard InChI is InChI=1S/C49H82NO8P/c1-3-5-7-9-11-13-15-17-19-21-22-23-24-26-28-30-32-34-36-38-40-42-49(53)56-45-47(51)46-58-59(54,55)57-44-43-50-48(52)41-39-37-35-33-31-29-27-25-20-18-16-14-12-10-8-6-4-2/h5,7,11-14,17-20,22-23,26,28,32,34,47,51H,3-4,6,8-10,15-16,21,24-25,27,29-31,33,35-46H2,1-2H3,(H,50,52)(H,54,55)/b7-5-,13-11-,14-12-,19-17-,20-18-,23-22-,28-26-,34-32-. The van der Waals surface area contributed by atoms with Gasteiger partial charge in [-0.15, -0.1) is 0 Å². The molecule has 9 nitrogen and oxygen atoms in total. The summed E-state index contributed by atoms with van der Waals surface area (Å²) >= 11 is 0. The van der Waals surface area contributed by atoms with Crippen LogP contribution in [0.25, 0.3) is 0 Å². The Morgan fingerprint density at radius 2 is 0.966 bits per heavy atom. The third-order valence-corrected chi connectivity index (χ3v) is 9.98. The van der Waals surface area contributed by atoms with E-state index in [0.29, 0.717) is 12.8 Å². The van der Waals surface area contributed by atoms with Crippen LogP contribution in [0.1, 0.15) is 168 Å². The van der Waals surface area contributed by atoms with Gasteiger partial charge in [-0.25, -0.2) is 4.57 Å². The van der Waals surface area contributed by atoms with Gasteiger partial charge in [0.1, 0.15) is 12.7 Å². The fourth-order valence-corrected chi connectivity index (χ4v) is 6.35. The van der Waals surface area contributed by atoms with Gasteiger partial charge in [0.2, 0.25) is 5.91 Å². The van der Waals surface area contributed by atoms with Crippen molar-refractivity contribution in [2.24, 2.45) is 0 Å². The summed E-state index contributed by atoms with van der Waals surface area (Å²) in [5.74, 6) is -0.576. The van der Waals surface area contributed by atoms with Gasteiger partial charge in [0, 0.05) is 19.4 Å². The van der Waals surface area contributed by atoms with Gasteiger partial charge in [-0.2, -0.15) is 0 Å². The van der Waals surface area contributed by atoms with Gasteiger partial charge in [-0.3, -0.25) is 18.6 Å². The second kappa shape index (κ2) is 44.5. The molecule has 0 aliphatic rings. The number of phosphoric ester groups is 1. The highest BCUT2D eigenvalue weighted by Gasteiger charge is 2.23. The number of hydrogen-bond acceptors (Lipinski definition) is 7. The van der Waals surface area contributed by atoms with Crippen LogP contribution in [-0.2, 0) is 27.9 Å². The first kappa shape index (κ1) is 55.9. The molecule has 1 amide bonds. The van der Waals surface area contributed by atoms with Crippen LogP contribution < -0.4 is 5.32 Å². The lowest BCUT2D eigenvalue weighted by Crippen LogP contribution is -2.27. The van der Waals surface area contributed by atoms with Crippen molar-refractivity contribution < 1.29 is 37.9 Å². The summed E-state index contributed by atoms with van der Waals surface area (Å²) in [4.78, 5) is 34.0. The normalized spacial score (nSPS) is 14.2. The van der Waals surface area contributed by atoms with Crippen LogP contribution in [0.4, 0.5) is 0 Å². The number of phosphoric acid groups is 1. The molecule has 0 spiro atoms. The van der Waals surface area contributed by atoms with Crippen LogP contribution in [0, 0.1) is 0 Å². The molecule has 2 atom stereocenters. The van der Waals surface area contributed by atoms with Crippen molar-refractivity contribution in [1.29, 1.82) is 0 Å². The number of carbonyl (C=O) groups is 2. The Bertz CT molecular complexity index is 1280. The molecular weight excluding hydrogens is 762 g/mol.